The van der Waals surface area contributed by atoms with E-state index in [1.807, 2.05) is 0 Å². The van der Waals surface area contributed by atoms with Crippen molar-refractivity contribution in [2.45, 2.75) is 0 Å². The van der Waals surface area contributed by atoms with Crippen LogP contribution in [0.1, 0.15) is 1.43 Å². The van der Waals surface area contributed by atoms with Crippen LogP contribution in [0.5, 0.6) is 0 Å². The van der Waals surface area contributed by atoms with E-state index in [1.54, 1.807) is 0 Å². The van der Waals surface area contributed by atoms with Crippen molar-refractivity contribution in [3.63, 3.8) is 0 Å². The molecule has 0 aromatic carbocycles. The molecule has 0 rings (SSSR count). The molecule has 0 aliphatic heterocycles. The second-order valence-corrected chi connectivity index (χ2v) is 0. The molecule has 0 aromatic heterocycles. The van der Waals surface area contributed by atoms with Crippen molar-refractivity contribution in [3.8, 4) is 0 Å². The summed E-state index contributed by atoms with van der Waals surface area (Å²) >= 11 is 0.611. The van der Waals surface area contributed by atoms with Crippen LogP contribution in [0.4, 0.5) is 0 Å². The summed E-state index contributed by atoms with van der Waals surface area (Å²) in [7, 11) is 0. The second-order valence-electron chi connectivity index (χ2n) is 0. The monoisotopic (exact) mass is 169 g/mol. The van der Waals surface area contributed by atoms with Gasteiger partial charge < -0.3 is 1.43 Å². The summed E-state index contributed by atoms with van der Waals surface area (Å²) in [6, 6.07) is 0. The van der Waals surface area contributed by atoms with Crippen molar-refractivity contribution in [1.29, 1.82) is 0 Å². The predicted molar refractivity (Wildman–Crippen MR) is 8.95 cm³/mol. The molecule has 0 atom stereocenters. The average molecular weight is 170 g/mol. The third kappa shape index (κ3) is 24.6. The van der Waals surface area contributed by atoms with Gasteiger partial charge in [0.25, 0.3) is 0 Å². The Balaban J connectivity index is -0.000000000833. The van der Waals surface area contributed by atoms with Crippen LogP contribution in [0.15, 0.2) is 0 Å². The van der Waals surface area contributed by atoms with Crippen molar-refractivity contribution < 1.29 is 57.4 Å². The van der Waals surface area contributed by atoms with Crippen LogP contribution in [0.25, 0.3) is 0 Å². The SMILES string of the molecule is [Co].[H-].[Li+].[Ni].[O]=[AlH]. The summed E-state index contributed by atoms with van der Waals surface area (Å²) in [5.74, 6) is 0. The molecule has 31 valence electrons. The van der Waals surface area contributed by atoms with E-state index in [0.29, 0.717) is 16.2 Å². The first kappa shape index (κ1) is 28.4. The molecule has 0 saturated heterocycles. The maximum atomic E-state index is 8.28. The molecule has 0 amide bonds. The first-order chi connectivity index (χ1) is 1.00. The normalized spacial score (nSPS) is 0.600. The zero-order valence-corrected chi connectivity index (χ0v) is 6.21. The van der Waals surface area contributed by atoms with E-state index in [4.69, 9.17) is 3.80 Å². The van der Waals surface area contributed by atoms with Crippen molar-refractivity contribution in [1.82, 2.24) is 0 Å². The van der Waals surface area contributed by atoms with Gasteiger partial charge in [0, 0.05) is 33.3 Å². The van der Waals surface area contributed by atoms with E-state index >= 15 is 0 Å². The number of rotatable bonds is 0. The van der Waals surface area contributed by atoms with Gasteiger partial charge >= 0.3 is 38.9 Å². The second kappa shape index (κ2) is 38.7. The fourth-order valence-corrected chi connectivity index (χ4v) is 0. The summed E-state index contributed by atoms with van der Waals surface area (Å²) in [5.41, 5.74) is 0. The Morgan fingerprint density at radius 1 is 1.40 bits per heavy atom. The first-order valence-corrected chi connectivity index (χ1v) is 0.866. The summed E-state index contributed by atoms with van der Waals surface area (Å²) in [6.45, 7) is 0. The molecular weight excluding hydrogens is 168 g/mol. The summed E-state index contributed by atoms with van der Waals surface area (Å²) in [4.78, 5) is 0. The van der Waals surface area contributed by atoms with Crippen molar-refractivity contribution in [3.05, 3.63) is 0 Å². The molecule has 5 heavy (non-hydrogen) atoms. The Morgan fingerprint density at radius 3 is 1.40 bits per heavy atom. The van der Waals surface area contributed by atoms with Crippen LogP contribution < -0.4 is 18.9 Å². The maximum absolute atomic E-state index is 8.28. The molecule has 0 N–H and O–H groups in total. The molecule has 0 heterocycles. The summed E-state index contributed by atoms with van der Waals surface area (Å²) < 4.78 is 8.28. The summed E-state index contributed by atoms with van der Waals surface area (Å²) in [5, 5.41) is 0. The molecule has 0 aromatic rings. The van der Waals surface area contributed by atoms with Crippen molar-refractivity contribution >= 4 is 16.2 Å². The Hall–Kier alpha value is 1.93. The molecule has 0 spiro atoms. The van der Waals surface area contributed by atoms with Crippen LogP contribution >= 0.6 is 0 Å². The van der Waals surface area contributed by atoms with Gasteiger partial charge in [-0.1, -0.05) is 0 Å². The minimum absolute atomic E-state index is 0. The molecule has 0 unspecified atom stereocenters. The molecule has 0 bridgehead atoms. The van der Waals surface area contributed by atoms with Gasteiger partial charge in [-0.25, -0.2) is 0 Å². The Labute approximate surface area is 73.1 Å². The van der Waals surface area contributed by atoms with Gasteiger partial charge in [-0.2, -0.15) is 0 Å². The fourth-order valence-electron chi connectivity index (χ4n) is 0. The van der Waals surface area contributed by atoms with Gasteiger partial charge in [-0.05, 0) is 0 Å². The van der Waals surface area contributed by atoms with Crippen LogP contribution in [-0.4, -0.2) is 16.2 Å². The summed E-state index contributed by atoms with van der Waals surface area (Å²) in [6.07, 6.45) is 0. The quantitative estimate of drug-likeness (QED) is 0.342. The molecule has 5 heteroatoms. The third-order valence-electron chi connectivity index (χ3n) is 0. The topological polar surface area (TPSA) is 17.1 Å². The van der Waals surface area contributed by atoms with Gasteiger partial charge in [0.15, 0.2) is 0 Å². The van der Waals surface area contributed by atoms with Crippen LogP contribution in [0.3, 0.4) is 0 Å². The average Bonchev–Trinajstić information content (AvgIpc) is 1.00. The molecule has 0 saturated carbocycles. The molecule has 0 aliphatic carbocycles. The zero-order chi connectivity index (χ0) is 2.00. The van der Waals surface area contributed by atoms with E-state index in [0.717, 1.165) is 0 Å². The van der Waals surface area contributed by atoms with Gasteiger partial charge in [0.05, 0.1) is 0 Å². The van der Waals surface area contributed by atoms with E-state index in [9.17, 15) is 0 Å². The van der Waals surface area contributed by atoms with Gasteiger partial charge in [0.2, 0.25) is 0 Å². The number of hydrogen-bond donors (Lipinski definition) is 0. The minimum atomic E-state index is 0. The van der Waals surface area contributed by atoms with E-state index < -0.39 is 0 Å². The number of hydrogen-bond acceptors (Lipinski definition) is 1. The van der Waals surface area contributed by atoms with E-state index in [2.05, 4.69) is 0 Å². The van der Waals surface area contributed by atoms with Crippen LogP contribution in [0, 0.1) is 0 Å². The predicted octanol–water partition coefficient (Wildman–Crippen LogP) is -3.66. The van der Waals surface area contributed by atoms with Crippen LogP contribution in [-0.2, 0) is 37.1 Å². The Morgan fingerprint density at radius 2 is 1.40 bits per heavy atom. The molecule has 0 fully saturated rings. The first-order valence-electron chi connectivity index (χ1n) is 0.289. The Bertz CT molecular complexity index is 15.5. The molecular formula is H2AlCoLiNiO. The van der Waals surface area contributed by atoms with Crippen LogP contribution in [0.2, 0.25) is 0 Å². The van der Waals surface area contributed by atoms with Gasteiger partial charge in [-0.3, -0.25) is 0 Å². The Kier molecular flexibility index (Phi) is 220. The van der Waals surface area contributed by atoms with E-state index in [1.165, 1.54) is 0 Å². The third-order valence-corrected chi connectivity index (χ3v) is 0. The van der Waals surface area contributed by atoms with Gasteiger partial charge in [0.1, 0.15) is 0 Å². The fraction of sp³-hybridized carbons (Fsp3) is 0. The molecule has 1 radical (unpaired) electrons. The molecule has 1 nitrogen and oxygen atoms in total. The van der Waals surface area contributed by atoms with Crippen molar-refractivity contribution in [2.75, 3.05) is 0 Å². The standard InChI is InChI=1S/Al.Co.Li.Ni.O.2H/q;;+1;;;;-1. The van der Waals surface area contributed by atoms with E-state index in [-0.39, 0.29) is 53.6 Å². The van der Waals surface area contributed by atoms with Gasteiger partial charge in [-0.15, -0.1) is 0 Å². The van der Waals surface area contributed by atoms with Crippen molar-refractivity contribution in [2.24, 2.45) is 0 Å². The molecule has 0 aliphatic rings. The zero-order valence-electron chi connectivity index (χ0n) is 3.76.